The fourth-order valence-electron chi connectivity index (χ4n) is 10.9. The lowest BCUT2D eigenvalue weighted by atomic mass is 9.42. The van der Waals surface area contributed by atoms with Crippen molar-refractivity contribution in [3.8, 4) is 0 Å². The molecule has 6 aliphatic rings. The van der Waals surface area contributed by atoms with E-state index in [1.807, 2.05) is 7.05 Å². The van der Waals surface area contributed by atoms with Crippen LogP contribution in [0, 0.1) is 34.5 Å². The quantitative estimate of drug-likeness (QED) is 0.292. The summed E-state index contributed by atoms with van der Waals surface area (Å²) in [5.41, 5.74) is -4.81. The molecule has 1 spiro atoms. The van der Waals surface area contributed by atoms with E-state index in [4.69, 9.17) is 18.9 Å². The van der Waals surface area contributed by atoms with Crippen molar-refractivity contribution in [1.82, 2.24) is 4.90 Å². The molecule has 0 aromatic rings. The largest absolute Gasteiger partial charge is 0.392 e. The minimum Gasteiger partial charge on any atom is -0.392 e. The van der Waals surface area contributed by atoms with Gasteiger partial charge in [0, 0.05) is 76.0 Å². The normalized spacial score (nSPS) is 63.9. The Labute approximate surface area is 199 Å². The van der Waals surface area contributed by atoms with Crippen LogP contribution < -0.4 is 0 Å². The molecule has 5 saturated carbocycles. The van der Waals surface area contributed by atoms with Crippen LogP contribution >= 0.6 is 0 Å². The molecular formula is C24H39NO9. The summed E-state index contributed by atoms with van der Waals surface area (Å²) in [5, 5.41) is 58.9. The number of hydrogen-bond acceptors (Lipinski definition) is 10. The van der Waals surface area contributed by atoms with Crippen LogP contribution in [0.4, 0.5) is 0 Å². The summed E-state index contributed by atoms with van der Waals surface area (Å²) >= 11 is 0. The third-order valence-corrected chi connectivity index (χ3v) is 11.4. The van der Waals surface area contributed by atoms with Gasteiger partial charge in [0.05, 0.1) is 31.0 Å². The maximum Gasteiger partial charge on any atom is 0.120 e. The van der Waals surface area contributed by atoms with Crippen LogP contribution in [0.2, 0.25) is 0 Å². The van der Waals surface area contributed by atoms with Crippen molar-refractivity contribution in [2.45, 2.75) is 66.7 Å². The maximum atomic E-state index is 12.5. The van der Waals surface area contributed by atoms with Crippen LogP contribution in [0.3, 0.4) is 0 Å². The zero-order valence-electron chi connectivity index (χ0n) is 20.5. The number of nitrogens with zero attached hydrogens (tertiary/aromatic N) is 1. The fraction of sp³-hybridized carbons (Fsp3) is 1.00. The molecular weight excluding hydrogens is 446 g/mol. The van der Waals surface area contributed by atoms with Crippen molar-refractivity contribution < 1.29 is 44.5 Å². The Morgan fingerprint density at radius 1 is 0.941 bits per heavy atom. The molecule has 0 amide bonds. The average Bonchev–Trinajstić information content (AvgIpc) is 3.17. The van der Waals surface area contributed by atoms with Crippen LogP contribution in [0.25, 0.3) is 0 Å². The molecule has 0 unspecified atom stereocenters. The molecule has 194 valence electrons. The van der Waals surface area contributed by atoms with Gasteiger partial charge in [-0.05, 0) is 19.4 Å². The van der Waals surface area contributed by atoms with Crippen LogP contribution in [0.5, 0.6) is 0 Å². The number of piperidine rings is 1. The first-order valence-electron chi connectivity index (χ1n) is 12.3. The smallest absolute Gasteiger partial charge is 0.120 e. The van der Waals surface area contributed by atoms with Crippen LogP contribution in [0.1, 0.15) is 12.8 Å². The summed E-state index contributed by atoms with van der Waals surface area (Å²) in [6.45, 7) is 0.836. The lowest BCUT2D eigenvalue weighted by Gasteiger charge is -2.69. The SMILES string of the molecule is COC[C@@]12CN(C)[C@H]3[C@H]4[C@H](OC)[C@H]1[C@@]3([C@@H](OC)C[C@H]2O)[C@@H]1C[C@@]2(O)[C@H](O)[C@@H]1[C@]4(O)[C@@H](O)[C@@H]2OC. The summed E-state index contributed by atoms with van der Waals surface area (Å²) in [4.78, 5) is 2.17. The molecule has 6 rings (SSSR count). The Kier molecular flexibility index (Phi) is 5.02. The number of rotatable bonds is 5. The molecule has 6 fully saturated rings. The number of aliphatic hydroxyl groups is 5. The molecule has 1 saturated heterocycles. The second kappa shape index (κ2) is 7.12. The molecule has 15 atom stereocenters. The molecule has 5 N–H and O–H groups in total. The number of aliphatic hydroxyl groups excluding tert-OH is 3. The maximum absolute atomic E-state index is 12.5. The Morgan fingerprint density at radius 2 is 1.65 bits per heavy atom. The summed E-state index contributed by atoms with van der Waals surface area (Å²) in [6, 6.07) is -0.254. The second-order valence-electron chi connectivity index (χ2n) is 12.0. The summed E-state index contributed by atoms with van der Waals surface area (Å²) in [5.74, 6) is -2.05. The van der Waals surface area contributed by atoms with Crippen LogP contribution in [0.15, 0.2) is 0 Å². The Balaban J connectivity index is 1.67. The zero-order valence-corrected chi connectivity index (χ0v) is 20.5. The van der Waals surface area contributed by atoms with E-state index in [9.17, 15) is 25.5 Å². The summed E-state index contributed by atoms with van der Waals surface area (Å²) in [6.07, 6.45) is -4.96. The third-order valence-electron chi connectivity index (χ3n) is 11.4. The molecule has 1 heterocycles. The van der Waals surface area contributed by atoms with Gasteiger partial charge in [-0.25, -0.2) is 0 Å². The molecule has 7 bridgehead atoms. The number of likely N-dealkylation sites (tertiary alicyclic amines) is 1. The highest BCUT2D eigenvalue weighted by Crippen LogP contribution is 2.79. The van der Waals surface area contributed by atoms with Crippen molar-refractivity contribution in [2.75, 3.05) is 48.6 Å². The van der Waals surface area contributed by atoms with Crippen molar-refractivity contribution in [3.63, 3.8) is 0 Å². The lowest BCUT2D eigenvalue weighted by Crippen LogP contribution is -2.80. The highest BCUT2D eigenvalue weighted by Gasteiger charge is 2.90. The lowest BCUT2D eigenvalue weighted by molar-refractivity contribution is -0.319. The highest BCUT2D eigenvalue weighted by molar-refractivity contribution is 5.39. The van der Waals surface area contributed by atoms with E-state index in [1.165, 1.54) is 7.11 Å². The molecule has 5 aliphatic carbocycles. The van der Waals surface area contributed by atoms with E-state index in [0.29, 0.717) is 19.6 Å². The van der Waals surface area contributed by atoms with E-state index in [2.05, 4.69) is 4.90 Å². The van der Waals surface area contributed by atoms with Gasteiger partial charge >= 0.3 is 0 Å². The number of ether oxygens (including phenoxy) is 4. The molecule has 10 nitrogen and oxygen atoms in total. The van der Waals surface area contributed by atoms with Gasteiger partial charge in [-0.2, -0.15) is 0 Å². The molecule has 0 aromatic heterocycles. The number of fused-ring (bicyclic) bond motifs is 2. The van der Waals surface area contributed by atoms with E-state index in [-0.39, 0.29) is 18.4 Å². The predicted octanol–water partition coefficient (Wildman–Crippen LogP) is -2.18. The average molecular weight is 486 g/mol. The van der Waals surface area contributed by atoms with Gasteiger partial charge < -0.3 is 49.4 Å². The summed E-state index contributed by atoms with van der Waals surface area (Å²) in [7, 11) is 8.24. The first kappa shape index (κ1) is 24.0. The second-order valence-corrected chi connectivity index (χ2v) is 12.0. The molecule has 0 radical (unpaired) electrons. The highest BCUT2D eigenvalue weighted by atomic mass is 16.5. The summed E-state index contributed by atoms with van der Waals surface area (Å²) < 4.78 is 23.6. The zero-order chi connectivity index (χ0) is 24.6. The first-order chi connectivity index (χ1) is 16.1. The van der Waals surface area contributed by atoms with Gasteiger partial charge in [-0.1, -0.05) is 0 Å². The van der Waals surface area contributed by atoms with E-state index in [0.717, 1.165) is 0 Å². The Hall–Kier alpha value is -0.400. The van der Waals surface area contributed by atoms with Crippen molar-refractivity contribution >= 4 is 0 Å². The monoisotopic (exact) mass is 485 g/mol. The molecule has 10 heteroatoms. The minimum atomic E-state index is -1.76. The molecule has 0 aromatic carbocycles. The molecule has 1 aliphatic heterocycles. The van der Waals surface area contributed by atoms with E-state index >= 15 is 0 Å². The van der Waals surface area contributed by atoms with Crippen molar-refractivity contribution in [2.24, 2.45) is 34.5 Å². The van der Waals surface area contributed by atoms with E-state index < -0.39 is 76.4 Å². The van der Waals surface area contributed by atoms with Crippen LogP contribution in [-0.4, -0.2) is 133 Å². The number of hydrogen-bond donors (Lipinski definition) is 5. The van der Waals surface area contributed by atoms with Crippen LogP contribution in [-0.2, 0) is 18.9 Å². The first-order valence-corrected chi connectivity index (χ1v) is 12.3. The van der Waals surface area contributed by atoms with Gasteiger partial charge in [-0.15, -0.1) is 0 Å². The van der Waals surface area contributed by atoms with Crippen molar-refractivity contribution in [1.29, 1.82) is 0 Å². The Morgan fingerprint density at radius 3 is 2.24 bits per heavy atom. The molecule has 34 heavy (non-hydrogen) atoms. The van der Waals surface area contributed by atoms with Crippen molar-refractivity contribution in [3.05, 3.63) is 0 Å². The fourth-order valence-corrected chi connectivity index (χ4v) is 10.9. The van der Waals surface area contributed by atoms with Gasteiger partial charge in [-0.3, -0.25) is 0 Å². The standard InChI is InChI=1S/C24H39NO9/c1-25-8-21(9-31-2)11(26)6-12(32-3)23-10-7-22(29)18(27)13(10)24(30,19(28)20(22)34-5)14(17(23)25)15(33-4)16(21)23/h10-20,26-30H,6-9H2,1-5H3/t10-,11-,12+,13-,14-,15+,16-,17+,18-,19+,20+,21-,22-,23+,24-/m1/s1. The van der Waals surface area contributed by atoms with Gasteiger partial charge in [0.2, 0.25) is 0 Å². The predicted molar refractivity (Wildman–Crippen MR) is 117 cm³/mol. The minimum absolute atomic E-state index is 0.153. The van der Waals surface area contributed by atoms with E-state index in [1.54, 1.807) is 21.3 Å². The topological polar surface area (TPSA) is 141 Å². The number of methoxy groups -OCH3 is 4. The Bertz CT molecular complexity index is 862. The van der Waals surface area contributed by atoms with Gasteiger partial charge in [0.15, 0.2) is 0 Å². The third kappa shape index (κ3) is 2.14. The van der Waals surface area contributed by atoms with Gasteiger partial charge in [0.1, 0.15) is 23.4 Å². The van der Waals surface area contributed by atoms with Gasteiger partial charge in [0.25, 0.3) is 0 Å².